The van der Waals surface area contributed by atoms with Gasteiger partial charge in [0, 0.05) is 0 Å². The lowest BCUT2D eigenvalue weighted by Gasteiger charge is -2.13. The molecule has 0 saturated heterocycles. The number of rotatable bonds is 10. The van der Waals surface area contributed by atoms with Crippen LogP contribution in [0.2, 0.25) is 0 Å². The van der Waals surface area contributed by atoms with Gasteiger partial charge in [0.2, 0.25) is 40.6 Å². The van der Waals surface area contributed by atoms with Crippen molar-refractivity contribution >= 4 is 14.1 Å². The molecule has 0 radical (unpaired) electrons. The second kappa shape index (κ2) is 11.9. The van der Waals surface area contributed by atoms with Crippen molar-refractivity contribution in [2.24, 2.45) is 10.7 Å². The molecule has 0 amide bonds. The molecule has 0 aliphatic carbocycles. The topological polar surface area (TPSA) is 80.2 Å². The van der Waals surface area contributed by atoms with Crippen LogP contribution in [-0.4, -0.2) is 18.6 Å². The maximum Gasteiger partial charge on any atom is 0.395 e. The van der Waals surface area contributed by atoms with E-state index in [0.29, 0.717) is 0 Å². The number of esters is 1. The lowest BCUT2D eigenvalue weighted by atomic mass is 10.1. The van der Waals surface area contributed by atoms with E-state index in [9.17, 15) is 31.6 Å². The Balaban J connectivity index is 2.19. The summed E-state index contributed by atoms with van der Waals surface area (Å²) in [5, 5.41) is 0. The summed E-state index contributed by atoms with van der Waals surface area (Å²) in [6, 6.07) is 3.80. The summed E-state index contributed by atoms with van der Waals surface area (Å²) in [5.41, 5.74) is 0. The van der Waals surface area contributed by atoms with Crippen LogP contribution in [0.4, 0.5) is 22.0 Å². The minimum absolute atomic E-state index is 0.178. The van der Waals surface area contributed by atoms with Gasteiger partial charge in [0.25, 0.3) is 0 Å². The molecule has 0 saturated carbocycles. The zero-order valence-electron chi connectivity index (χ0n) is 17.9. The molecule has 0 N–H and O–H groups in total. The van der Waals surface area contributed by atoms with E-state index in [-0.39, 0.29) is 18.3 Å². The van der Waals surface area contributed by atoms with Crippen molar-refractivity contribution in [1.82, 2.24) is 0 Å². The van der Waals surface area contributed by atoms with Crippen LogP contribution in [0.25, 0.3) is 0 Å². The third-order valence-electron chi connectivity index (χ3n) is 4.63. The number of hydrogen-bond acceptors (Lipinski definition) is 6. The average Bonchev–Trinajstić information content (AvgIpc) is 2.80. The molecule has 33 heavy (non-hydrogen) atoms. The Morgan fingerprint density at radius 1 is 0.970 bits per heavy atom. The van der Waals surface area contributed by atoms with Crippen molar-refractivity contribution in [3.63, 3.8) is 0 Å². The number of carbonyl (C=O) groups excluding carboxylic acids is 1. The highest BCUT2D eigenvalue weighted by molar-refractivity contribution is 7.34. The molecule has 1 unspecified atom stereocenters. The van der Waals surface area contributed by atoms with Crippen LogP contribution in [0.3, 0.4) is 0 Å². The van der Waals surface area contributed by atoms with Crippen molar-refractivity contribution in [1.29, 1.82) is 0 Å². The van der Waals surface area contributed by atoms with Crippen molar-refractivity contribution in [2.45, 2.75) is 39.7 Å². The number of ether oxygens (including phenoxy) is 2. The van der Waals surface area contributed by atoms with Gasteiger partial charge in [0.1, 0.15) is 0 Å². The molecule has 0 bridgehead atoms. The van der Waals surface area contributed by atoms with Crippen molar-refractivity contribution in [3.05, 3.63) is 53.4 Å². The minimum Gasteiger partial charge on any atom is -0.575 e. The van der Waals surface area contributed by atoms with E-state index in [1.165, 1.54) is 25.1 Å². The SMILES string of the molecule is CCC(CC)COC(=O)[C@H](C)N=[P+]([O-])Oc1ccccc1Oc1c(F)c(F)c(F)c(F)c1F. The Morgan fingerprint density at radius 2 is 1.48 bits per heavy atom. The highest BCUT2D eigenvalue weighted by Gasteiger charge is 2.28. The smallest absolute Gasteiger partial charge is 0.395 e. The zero-order valence-corrected chi connectivity index (χ0v) is 18.8. The first-order chi connectivity index (χ1) is 15.6. The molecule has 0 aliphatic rings. The van der Waals surface area contributed by atoms with E-state index in [0.717, 1.165) is 18.9 Å². The number of nitrogens with zero attached hydrogens (tertiary/aromatic N) is 1. The number of para-hydroxylation sites is 2. The lowest BCUT2D eigenvalue weighted by molar-refractivity contribution is -0.169. The van der Waals surface area contributed by atoms with Gasteiger partial charge in [0.15, 0.2) is 11.8 Å². The molecule has 2 rings (SSSR count). The summed E-state index contributed by atoms with van der Waals surface area (Å²) < 4.78 is 86.6. The Bertz CT molecular complexity index is 1000. The molecule has 2 atom stereocenters. The first-order valence-corrected chi connectivity index (χ1v) is 11.0. The van der Waals surface area contributed by atoms with Crippen LogP contribution in [0, 0.1) is 35.0 Å². The van der Waals surface area contributed by atoms with Crippen LogP contribution in [0.5, 0.6) is 17.2 Å². The van der Waals surface area contributed by atoms with Gasteiger partial charge in [-0.25, -0.2) is 18.0 Å². The first-order valence-electron chi connectivity index (χ1n) is 9.91. The Kier molecular flexibility index (Phi) is 9.55. The third-order valence-corrected chi connectivity index (χ3v) is 5.52. The van der Waals surface area contributed by atoms with Gasteiger partial charge in [-0.3, -0.25) is 4.52 Å². The van der Waals surface area contributed by atoms with Gasteiger partial charge < -0.3 is 14.4 Å². The molecule has 180 valence electrons. The Labute approximate surface area is 187 Å². The van der Waals surface area contributed by atoms with Crippen LogP contribution >= 0.6 is 8.17 Å². The minimum atomic E-state index is -2.89. The lowest BCUT2D eigenvalue weighted by Crippen LogP contribution is -2.21. The summed E-state index contributed by atoms with van der Waals surface area (Å²) in [7, 11) is -2.89. The molecule has 0 aromatic heterocycles. The van der Waals surface area contributed by atoms with Crippen LogP contribution < -0.4 is 14.2 Å². The van der Waals surface area contributed by atoms with Gasteiger partial charge in [0.05, 0.1) is 6.61 Å². The summed E-state index contributed by atoms with van der Waals surface area (Å²) in [5.74, 6) is -14.1. The van der Waals surface area contributed by atoms with E-state index in [2.05, 4.69) is 4.74 Å². The maximum atomic E-state index is 13.9. The van der Waals surface area contributed by atoms with Crippen LogP contribution in [0.1, 0.15) is 33.6 Å². The molecule has 0 spiro atoms. The monoisotopic (exact) mass is 493 g/mol. The maximum absolute atomic E-state index is 13.9. The van der Waals surface area contributed by atoms with Crippen LogP contribution in [-0.2, 0) is 9.53 Å². The molecule has 0 fully saturated rings. The Morgan fingerprint density at radius 3 is 2.03 bits per heavy atom. The van der Waals surface area contributed by atoms with E-state index in [1.807, 2.05) is 13.8 Å². The second-order valence-corrected chi connectivity index (χ2v) is 7.77. The molecule has 2 aromatic carbocycles. The average molecular weight is 493 g/mol. The largest absolute Gasteiger partial charge is 0.575 e. The fourth-order valence-corrected chi connectivity index (χ4v) is 3.28. The van der Waals surface area contributed by atoms with Crippen LogP contribution in [0.15, 0.2) is 29.0 Å². The van der Waals surface area contributed by atoms with Gasteiger partial charge in [-0.2, -0.15) is 8.78 Å². The summed E-state index contributed by atoms with van der Waals surface area (Å²) >= 11 is 0. The fourth-order valence-electron chi connectivity index (χ4n) is 2.54. The second-order valence-electron chi connectivity index (χ2n) is 6.88. The molecule has 6 nitrogen and oxygen atoms in total. The standard InChI is InChI=1S/C21H21F5NO5P/c1-4-12(5-2)10-30-21(28)11(3)27-33(29)32-14-9-7-6-8-13(14)31-20-18(25)16(23)15(22)17(24)19(20)26/h6-9,11-12H,4-5,10H2,1-3H3/t11-/m0/s1. The molecule has 0 aliphatic heterocycles. The van der Waals surface area contributed by atoms with Crippen molar-refractivity contribution in [3.8, 4) is 17.2 Å². The summed E-state index contributed by atoms with van der Waals surface area (Å²) in [6.45, 7) is 5.42. The highest BCUT2D eigenvalue weighted by Crippen LogP contribution is 2.39. The third kappa shape index (κ3) is 6.61. The van der Waals surface area contributed by atoms with Crippen molar-refractivity contribution in [2.75, 3.05) is 6.61 Å². The molecule has 12 heteroatoms. The normalized spacial score (nSPS) is 12.6. The number of halogens is 5. The first kappa shape index (κ1) is 26.5. The van der Waals surface area contributed by atoms with Gasteiger partial charge >= 0.3 is 14.1 Å². The highest BCUT2D eigenvalue weighted by atomic mass is 31.1. The molecule has 0 heterocycles. The quantitative estimate of drug-likeness (QED) is 0.138. The summed E-state index contributed by atoms with van der Waals surface area (Å²) in [4.78, 5) is 24.3. The number of carbonyl (C=O) groups is 1. The van der Waals surface area contributed by atoms with Gasteiger partial charge in [-0.05, 0) is 25.0 Å². The van der Waals surface area contributed by atoms with E-state index in [4.69, 9.17) is 14.0 Å². The molecule has 2 aromatic rings. The Hall–Kier alpha value is -2.78. The number of hydrogen-bond donors (Lipinski definition) is 0. The predicted molar refractivity (Wildman–Crippen MR) is 107 cm³/mol. The van der Waals surface area contributed by atoms with Gasteiger partial charge in [-0.1, -0.05) is 43.6 Å². The van der Waals surface area contributed by atoms with E-state index < -0.39 is 60.8 Å². The van der Waals surface area contributed by atoms with Crippen molar-refractivity contribution < 1.29 is 45.6 Å². The van der Waals surface area contributed by atoms with E-state index in [1.54, 1.807) is 0 Å². The predicted octanol–water partition coefficient (Wildman–Crippen LogP) is 5.78. The molecular formula is C21H21F5NO5P. The molecular weight excluding hydrogens is 472 g/mol. The van der Waals surface area contributed by atoms with E-state index >= 15 is 0 Å². The number of benzene rings is 2. The van der Waals surface area contributed by atoms with Gasteiger partial charge in [-0.15, -0.1) is 0 Å². The summed E-state index contributed by atoms with van der Waals surface area (Å²) in [6.07, 6.45) is 1.62. The zero-order chi connectivity index (χ0) is 24.7. The fraction of sp³-hybridized carbons (Fsp3) is 0.381.